The molecular weight excluding hydrogens is 254 g/mol. The van der Waals surface area contributed by atoms with Crippen molar-refractivity contribution in [1.82, 2.24) is 15.0 Å². The number of nitrogens with one attached hydrogen (secondary N) is 1. The van der Waals surface area contributed by atoms with E-state index >= 15 is 0 Å². The summed E-state index contributed by atoms with van der Waals surface area (Å²) in [7, 11) is 0. The van der Waals surface area contributed by atoms with Crippen LogP contribution in [0.3, 0.4) is 0 Å². The van der Waals surface area contributed by atoms with Gasteiger partial charge >= 0.3 is 0 Å². The molecule has 0 aromatic carbocycles. The minimum atomic E-state index is 0.214. The Labute approximate surface area is 108 Å². The molecular formula is C10H11N5S2. The minimum absolute atomic E-state index is 0.214. The monoisotopic (exact) mass is 265 g/mol. The van der Waals surface area contributed by atoms with Gasteiger partial charge in [-0.25, -0.2) is 15.0 Å². The molecule has 0 spiro atoms. The first-order valence-electron chi connectivity index (χ1n) is 4.90. The molecule has 0 saturated carbocycles. The predicted octanol–water partition coefficient (Wildman–Crippen LogP) is 1.93. The molecule has 2 aromatic heterocycles. The summed E-state index contributed by atoms with van der Waals surface area (Å²) in [4.78, 5) is 14.0. The summed E-state index contributed by atoms with van der Waals surface area (Å²) >= 11 is 6.47. The van der Waals surface area contributed by atoms with Crippen LogP contribution >= 0.6 is 23.6 Å². The Morgan fingerprint density at radius 1 is 1.35 bits per heavy atom. The molecule has 0 amide bonds. The van der Waals surface area contributed by atoms with Crippen molar-refractivity contribution in [2.24, 2.45) is 5.73 Å². The Kier molecular flexibility index (Phi) is 3.30. The van der Waals surface area contributed by atoms with E-state index in [1.165, 1.54) is 0 Å². The number of nitrogens with two attached hydrogens (primary N) is 1. The second-order valence-corrected chi connectivity index (χ2v) is 5.05. The average molecular weight is 265 g/mol. The average Bonchev–Trinajstić information content (AvgIpc) is 2.58. The van der Waals surface area contributed by atoms with Crippen LogP contribution in [0.5, 0.6) is 0 Å². The van der Waals surface area contributed by atoms with Gasteiger partial charge in [-0.15, -0.1) is 11.3 Å². The number of anilines is 2. The zero-order valence-electron chi connectivity index (χ0n) is 9.39. The molecule has 7 heteroatoms. The van der Waals surface area contributed by atoms with Gasteiger partial charge in [0.25, 0.3) is 0 Å². The van der Waals surface area contributed by atoms with Gasteiger partial charge in [0.2, 0.25) is 0 Å². The van der Waals surface area contributed by atoms with Crippen molar-refractivity contribution in [1.29, 1.82) is 0 Å². The van der Waals surface area contributed by atoms with E-state index in [9.17, 15) is 0 Å². The fourth-order valence-corrected chi connectivity index (χ4v) is 2.20. The Balaban J connectivity index is 2.33. The zero-order chi connectivity index (χ0) is 12.4. The van der Waals surface area contributed by atoms with Crippen LogP contribution in [-0.2, 0) is 0 Å². The lowest BCUT2D eigenvalue weighted by Gasteiger charge is -2.05. The van der Waals surface area contributed by atoms with E-state index in [0.29, 0.717) is 11.5 Å². The van der Waals surface area contributed by atoms with Crippen LogP contribution in [0, 0.1) is 13.8 Å². The third-order valence-corrected chi connectivity index (χ3v) is 3.37. The van der Waals surface area contributed by atoms with E-state index in [4.69, 9.17) is 18.0 Å². The first-order chi connectivity index (χ1) is 8.08. The molecule has 2 aromatic rings. The number of hydrogen-bond donors (Lipinski definition) is 2. The number of thiazole rings is 1. The normalized spacial score (nSPS) is 10.2. The summed E-state index contributed by atoms with van der Waals surface area (Å²) in [5.41, 5.74) is 7.05. The highest BCUT2D eigenvalue weighted by molar-refractivity contribution is 7.80. The van der Waals surface area contributed by atoms with Gasteiger partial charge in [0, 0.05) is 17.3 Å². The third kappa shape index (κ3) is 2.56. The first-order valence-corrected chi connectivity index (χ1v) is 6.12. The van der Waals surface area contributed by atoms with Gasteiger partial charge in [0.05, 0.1) is 5.69 Å². The summed E-state index contributed by atoms with van der Waals surface area (Å²) in [5.74, 6) is 0.536. The molecule has 0 aliphatic rings. The number of nitrogens with zero attached hydrogens (tertiary/aromatic N) is 3. The van der Waals surface area contributed by atoms with Crippen molar-refractivity contribution >= 4 is 39.5 Å². The van der Waals surface area contributed by atoms with Crippen LogP contribution in [0.15, 0.2) is 12.4 Å². The molecule has 0 saturated heterocycles. The lowest BCUT2D eigenvalue weighted by molar-refractivity contribution is 1.16. The first kappa shape index (κ1) is 11.9. The topological polar surface area (TPSA) is 76.7 Å². The number of thiocarbonyl (C=S) groups is 1. The molecule has 0 aliphatic carbocycles. The molecule has 0 unspecified atom stereocenters. The summed E-state index contributed by atoms with van der Waals surface area (Å²) in [6, 6.07) is 0. The van der Waals surface area contributed by atoms with Crippen LogP contribution in [0.4, 0.5) is 10.9 Å². The Bertz CT molecular complexity index is 544. The summed E-state index contributed by atoms with van der Waals surface area (Å²) in [5, 5.41) is 3.84. The van der Waals surface area contributed by atoms with Crippen molar-refractivity contribution in [3.8, 4) is 0 Å². The molecule has 2 rings (SSSR count). The standard InChI is InChI=1S/C10H11N5S2/c1-5-6(2)17-10(14-5)15-9-7(8(11)16)12-3-4-13-9/h3-4H,1-2H3,(H2,11,16)(H,13,14,15). The fraction of sp³-hybridized carbons (Fsp3) is 0.200. The van der Waals surface area contributed by atoms with Gasteiger partial charge in [-0.05, 0) is 13.8 Å². The van der Waals surface area contributed by atoms with E-state index in [0.717, 1.165) is 15.7 Å². The molecule has 0 atom stereocenters. The van der Waals surface area contributed by atoms with E-state index in [1.54, 1.807) is 23.7 Å². The second kappa shape index (κ2) is 4.72. The van der Waals surface area contributed by atoms with Crippen molar-refractivity contribution in [2.75, 3.05) is 5.32 Å². The molecule has 0 bridgehead atoms. The Morgan fingerprint density at radius 3 is 2.65 bits per heavy atom. The fourth-order valence-electron chi connectivity index (χ4n) is 1.24. The Hall–Kier alpha value is -1.60. The predicted molar refractivity (Wildman–Crippen MR) is 72.8 cm³/mol. The number of rotatable bonds is 3. The highest BCUT2D eigenvalue weighted by atomic mass is 32.1. The molecule has 5 nitrogen and oxygen atoms in total. The molecule has 0 radical (unpaired) electrons. The highest BCUT2D eigenvalue weighted by Crippen LogP contribution is 2.24. The summed E-state index contributed by atoms with van der Waals surface area (Å²) in [6.45, 7) is 3.98. The Morgan fingerprint density at radius 2 is 2.06 bits per heavy atom. The maximum atomic E-state index is 5.58. The lowest BCUT2D eigenvalue weighted by atomic mass is 10.4. The molecule has 2 heterocycles. The van der Waals surface area contributed by atoms with E-state index < -0.39 is 0 Å². The minimum Gasteiger partial charge on any atom is -0.388 e. The van der Waals surface area contributed by atoms with Crippen molar-refractivity contribution < 1.29 is 0 Å². The zero-order valence-corrected chi connectivity index (χ0v) is 11.0. The molecule has 0 fully saturated rings. The SMILES string of the molecule is Cc1nc(Nc2nccnc2C(N)=S)sc1C. The maximum absolute atomic E-state index is 5.58. The van der Waals surface area contributed by atoms with Crippen molar-refractivity contribution in [2.45, 2.75) is 13.8 Å². The summed E-state index contributed by atoms with van der Waals surface area (Å²) < 4.78 is 0. The largest absolute Gasteiger partial charge is 0.388 e. The van der Waals surface area contributed by atoms with Gasteiger partial charge in [0.1, 0.15) is 10.7 Å². The van der Waals surface area contributed by atoms with Crippen LogP contribution in [0.1, 0.15) is 16.3 Å². The highest BCUT2D eigenvalue weighted by Gasteiger charge is 2.10. The number of aromatic nitrogens is 3. The summed E-state index contributed by atoms with van der Waals surface area (Å²) in [6.07, 6.45) is 3.13. The van der Waals surface area contributed by atoms with Crippen molar-refractivity contribution in [3.63, 3.8) is 0 Å². The van der Waals surface area contributed by atoms with E-state index in [-0.39, 0.29) is 4.99 Å². The second-order valence-electron chi connectivity index (χ2n) is 3.40. The number of aryl methyl sites for hydroxylation is 2. The molecule has 0 aliphatic heterocycles. The quantitative estimate of drug-likeness (QED) is 0.826. The van der Waals surface area contributed by atoms with Crippen LogP contribution in [0.25, 0.3) is 0 Å². The van der Waals surface area contributed by atoms with Gasteiger partial charge in [-0.3, -0.25) is 0 Å². The molecule has 3 N–H and O–H groups in total. The number of hydrogen-bond acceptors (Lipinski definition) is 6. The van der Waals surface area contributed by atoms with E-state index in [2.05, 4.69) is 20.3 Å². The lowest BCUT2D eigenvalue weighted by Crippen LogP contribution is -2.14. The van der Waals surface area contributed by atoms with Crippen LogP contribution in [0.2, 0.25) is 0 Å². The van der Waals surface area contributed by atoms with E-state index in [1.807, 2.05) is 13.8 Å². The van der Waals surface area contributed by atoms with Gasteiger partial charge in [-0.1, -0.05) is 12.2 Å². The van der Waals surface area contributed by atoms with Gasteiger partial charge in [0.15, 0.2) is 10.9 Å². The third-order valence-electron chi connectivity index (χ3n) is 2.19. The maximum Gasteiger partial charge on any atom is 0.188 e. The van der Waals surface area contributed by atoms with Crippen LogP contribution in [-0.4, -0.2) is 19.9 Å². The molecule has 88 valence electrons. The molecule has 17 heavy (non-hydrogen) atoms. The smallest absolute Gasteiger partial charge is 0.188 e. The van der Waals surface area contributed by atoms with Crippen molar-refractivity contribution in [3.05, 3.63) is 28.7 Å². The van der Waals surface area contributed by atoms with Gasteiger partial charge in [-0.2, -0.15) is 0 Å². The van der Waals surface area contributed by atoms with Gasteiger partial charge < -0.3 is 11.1 Å². The van der Waals surface area contributed by atoms with Crippen LogP contribution < -0.4 is 11.1 Å².